The van der Waals surface area contributed by atoms with E-state index in [1.165, 1.54) is 13.0 Å². The van der Waals surface area contributed by atoms with Gasteiger partial charge < -0.3 is 15.1 Å². The van der Waals surface area contributed by atoms with Crippen molar-refractivity contribution in [2.45, 2.75) is 19.8 Å². The number of nitrogens with one attached hydrogen (secondary N) is 1. The molecule has 1 rings (SSSR count). The summed E-state index contributed by atoms with van der Waals surface area (Å²) >= 11 is 0. The first kappa shape index (κ1) is 19.0. The average Bonchev–Trinajstić information content (AvgIpc) is 2.46. The van der Waals surface area contributed by atoms with Crippen molar-refractivity contribution in [3.05, 3.63) is 29.8 Å². The fourth-order valence-electron chi connectivity index (χ4n) is 2.10. The molecule has 0 saturated carbocycles. The van der Waals surface area contributed by atoms with E-state index < -0.39 is 23.2 Å². The predicted octanol–water partition coefficient (Wildman–Crippen LogP) is 1.78. The third-order valence-corrected chi connectivity index (χ3v) is 3.25. The van der Waals surface area contributed by atoms with Crippen molar-refractivity contribution in [3.8, 4) is 0 Å². The highest BCUT2D eigenvalue weighted by Crippen LogP contribution is 2.23. The maximum atomic E-state index is 13.8. The zero-order valence-corrected chi connectivity index (χ0v) is 13.7. The van der Waals surface area contributed by atoms with E-state index in [2.05, 4.69) is 5.32 Å². The molecule has 0 aliphatic carbocycles. The van der Waals surface area contributed by atoms with Gasteiger partial charge in [-0.1, -0.05) is 6.07 Å². The number of rotatable bonds is 8. The molecule has 0 spiro atoms. The van der Waals surface area contributed by atoms with Gasteiger partial charge in [-0.3, -0.25) is 9.59 Å². The van der Waals surface area contributed by atoms with Gasteiger partial charge in [0.05, 0.1) is 0 Å². The van der Waals surface area contributed by atoms with Gasteiger partial charge in [-0.25, -0.2) is 8.78 Å². The summed E-state index contributed by atoms with van der Waals surface area (Å²) in [4.78, 5) is 26.4. The molecule has 0 fully saturated rings. The van der Waals surface area contributed by atoms with Gasteiger partial charge in [-0.15, -0.1) is 0 Å². The molecular formula is C16H23F2N3O2. The average molecular weight is 327 g/mol. The Morgan fingerprint density at radius 1 is 1.13 bits per heavy atom. The highest BCUT2D eigenvalue weighted by atomic mass is 19.1. The molecule has 1 aromatic carbocycles. The molecule has 5 nitrogen and oxygen atoms in total. The number of amides is 2. The Bertz CT molecular complexity index is 530. The number of carbonyl (C=O) groups is 2. The summed E-state index contributed by atoms with van der Waals surface area (Å²) in [5.41, 5.74) is -0.416. The largest absolute Gasteiger partial charge is 0.356 e. The Morgan fingerprint density at radius 2 is 1.74 bits per heavy atom. The molecule has 7 heteroatoms. The first-order valence-corrected chi connectivity index (χ1v) is 7.46. The minimum Gasteiger partial charge on any atom is -0.356 e. The van der Waals surface area contributed by atoms with Gasteiger partial charge in [0.1, 0.15) is 17.3 Å². The Labute approximate surface area is 135 Å². The highest BCUT2D eigenvalue weighted by molar-refractivity contribution is 5.92. The summed E-state index contributed by atoms with van der Waals surface area (Å²) in [7, 11) is 3.88. The smallest absolute Gasteiger partial charge is 0.224 e. The summed E-state index contributed by atoms with van der Waals surface area (Å²) < 4.78 is 27.5. The van der Waals surface area contributed by atoms with Crippen LogP contribution >= 0.6 is 0 Å². The van der Waals surface area contributed by atoms with Crippen LogP contribution in [0, 0.1) is 11.6 Å². The maximum absolute atomic E-state index is 13.8. The number of benzene rings is 1. The molecule has 0 aliphatic rings. The lowest BCUT2D eigenvalue weighted by Gasteiger charge is -2.22. The van der Waals surface area contributed by atoms with Crippen LogP contribution in [0.15, 0.2) is 18.2 Å². The summed E-state index contributed by atoms with van der Waals surface area (Å²) in [5.74, 6) is -2.43. The third kappa shape index (κ3) is 6.32. The standard InChI is InChI=1S/C16H23F2N3O2/c1-12(22)21(16-13(17)6-4-7-14(16)18)11-8-15(23)19-9-5-10-20(2)3/h4,6-7H,5,8-11H2,1-3H3,(H,19,23). The van der Waals surface area contributed by atoms with Crippen molar-refractivity contribution in [3.63, 3.8) is 0 Å². The minimum absolute atomic E-state index is 0.0185. The van der Waals surface area contributed by atoms with E-state index in [0.717, 1.165) is 30.0 Å². The van der Waals surface area contributed by atoms with E-state index in [1.807, 2.05) is 19.0 Å². The molecule has 0 aromatic heterocycles. The Morgan fingerprint density at radius 3 is 2.26 bits per heavy atom. The van der Waals surface area contributed by atoms with Gasteiger partial charge in [0.15, 0.2) is 0 Å². The molecule has 1 aromatic rings. The van der Waals surface area contributed by atoms with E-state index >= 15 is 0 Å². The number of halogens is 2. The zero-order chi connectivity index (χ0) is 17.4. The van der Waals surface area contributed by atoms with Crippen LogP contribution in [0.3, 0.4) is 0 Å². The van der Waals surface area contributed by atoms with E-state index in [4.69, 9.17) is 0 Å². The van der Waals surface area contributed by atoms with Crippen LogP contribution in [0.4, 0.5) is 14.5 Å². The summed E-state index contributed by atoms with van der Waals surface area (Å²) in [5, 5.41) is 2.72. The van der Waals surface area contributed by atoms with Crippen LogP contribution in [0.25, 0.3) is 0 Å². The molecule has 0 radical (unpaired) electrons. The fraction of sp³-hybridized carbons (Fsp3) is 0.500. The molecule has 0 heterocycles. The minimum atomic E-state index is -0.827. The van der Waals surface area contributed by atoms with Crippen LogP contribution < -0.4 is 10.2 Å². The van der Waals surface area contributed by atoms with Crippen molar-refractivity contribution < 1.29 is 18.4 Å². The quantitative estimate of drug-likeness (QED) is 0.741. The molecule has 0 atom stereocenters. The molecule has 0 saturated heterocycles. The fourth-order valence-corrected chi connectivity index (χ4v) is 2.10. The van der Waals surface area contributed by atoms with Gasteiger partial charge >= 0.3 is 0 Å². The lowest BCUT2D eigenvalue weighted by molar-refractivity contribution is -0.121. The Balaban J connectivity index is 2.58. The molecule has 0 unspecified atom stereocenters. The molecule has 128 valence electrons. The second-order valence-electron chi connectivity index (χ2n) is 5.50. The number of hydrogen-bond donors (Lipinski definition) is 1. The predicted molar refractivity (Wildman–Crippen MR) is 85.2 cm³/mol. The molecule has 0 aliphatic heterocycles. The maximum Gasteiger partial charge on any atom is 0.224 e. The second-order valence-corrected chi connectivity index (χ2v) is 5.50. The van der Waals surface area contributed by atoms with Gasteiger partial charge in [-0.2, -0.15) is 0 Å². The van der Waals surface area contributed by atoms with Gasteiger partial charge in [0, 0.05) is 26.4 Å². The summed E-state index contributed by atoms with van der Waals surface area (Å²) in [6.07, 6.45) is 0.784. The Hall–Kier alpha value is -2.02. The second kappa shape index (κ2) is 9.19. The zero-order valence-electron chi connectivity index (χ0n) is 13.7. The lowest BCUT2D eigenvalue weighted by Crippen LogP contribution is -2.35. The number of carbonyl (C=O) groups excluding carboxylic acids is 2. The van der Waals surface area contributed by atoms with Crippen LogP contribution in [0.1, 0.15) is 19.8 Å². The topological polar surface area (TPSA) is 52.7 Å². The highest BCUT2D eigenvalue weighted by Gasteiger charge is 2.20. The van der Waals surface area contributed by atoms with E-state index in [1.54, 1.807) is 0 Å². The van der Waals surface area contributed by atoms with Crippen molar-refractivity contribution in [1.82, 2.24) is 10.2 Å². The number of para-hydroxylation sites is 1. The van der Waals surface area contributed by atoms with Crippen molar-refractivity contribution in [2.24, 2.45) is 0 Å². The third-order valence-electron chi connectivity index (χ3n) is 3.25. The van der Waals surface area contributed by atoms with Crippen LogP contribution in [-0.4, -0.2) is 50.4 Å². The van der Waals surface area contributed by atoms with Crippen molar-refractivity contribution in [2.75, 3.05) is 38.6 Å². The number of nitrogens with zero attached hydrogens (tertiary/aromatic N) is 2. The number of anilines is 1. The normalized spacial score (nSPS) is 10.7. The Kier molecular flexibility index (Phi) is 7.61. The SMILES string of the molecule is CC(=O)N(CCC(=O)NCCCN(C)C)c1c(F)cccc1F. The molecular weight excluding hydrogens is 304 g/mol. The van der Waals surface area contributed by atoms with Crippen LogP contribution in [0.2, 0.25) is 0 Å². The van der Waals surface area contributed by atoms with Crippen molar-refractivity contribution >= 4 is 17.5 Å². The monoisotopic (exact) mass is 327 g/mol. The molecule has 1 N–H and O–H groups in total. The van der Waals surface area contributed by atoms with Crippen LogP contribution in [0.5, 0.6) is 0 Å². The summed E-state index contributed by atoms with van der Waals surface area (Å²) in [6.45, 7) is 2.50. The first-order chi connectivity index (χ1) is 10.8. The molecule has 2 amide bonds. The van der Waals surface area contributed by atoms with Crippen LogP contribution in [-0.2, 0) is 9.59 Å². The van der Waals surface area contributed by atoms with Gasteiger partial charge in [0.2, 0.25) is 11.8 Å². The first-order valence-electron chi connectivity index (χ1n) is 7.46. The van der Waals surface area contributed by atoms with E-state index in [9.17, 15) is 18.4 Å². The summed E-state index contributed by atoms with van der Waals surface area (Å²) in [6, 6.07) is 3.38. The lowest BCUT2D eigenvalue weighted by atomic mass is 10.2. The molecule has 0 bridgehead atoms. The van der Waals surface area contributed by atoms with Gasteiger partial charge in [0.25, 0.3) is 0 Å². The van der Waals surface area contributed by atoms with E-state index in [0.29, 0.717) is 6.54 Å². The van der Waals surface area contributed by atoms with E-state index in [-0.39, 0.29) is 18.9 Å². The van der Waals surface area contributed by atoms with Gasteiger partial charge in [-0.05, 0) is 39.2 Å². The van der Waals surface area contributed by atoms with Crippen molar-refractivity contribution in [1.29, 1.82) is 0 Å². The molecule has 23 heavy (non-hydrogen) atoms. The number of hydrogen-bond acceptors (Lipinski definition) is 3.